The standard InChI is InChI=1S/C15H12N6O4/c1-19-14(23)12-10(8-3-2-4-9(5-8)21(24)25)6-11(22)18-13(12)20-15(19)16-7-17-20/h2-5,7,10H,6H2,1H3,(H,18,22)/t10-/m1/s1. The first-order chi connectivity index (χ1) is 12.0. The quantitative estimate of drug-likeness (QED) is 0.544. The van der Waals surface area contributed by atoms with Gasteiger partial charge in [-0.1, -0.05) is 12.1 Å². The van der Waals surface area contributed by atoms with Crippen LogP contribution < -0.4 is 10.9 Å². The van der Waals surface area contributed by atoms with Gasteiger partial charge in [0, 0.05) is 31.5 Å². The molecule has 3 heterocycles. The van der Waals surface area contributed by atoms with Crippen LogP contribution in [0.2, 0.25) is 0 Å². The predicted octanol–water partition coefficient (Wildman–Crippen LogP) is 0.810. The summed E-state index contributed by atoms with van der Waals surface area (Å²) < 4.78 is 2.73. The van der Waals surface area contributed by atoms with Crippen molar-refractivity contribution in [2.24, 2.45) is 7.05 Å². The molecular weight excluding hydrogens is 328 g/mol. The smallest absolute Gasteiger partial charge is 0.269 e. The minimum absolute atomic E-state index is 0.0175. The van der Waals surface area contributed by atoms with Crippen molar-refractivity contribution in [2.75, 3.05) is 5.32 Å². The van der Waals surface area contributed by atoms with Gasteiger partial charge in [-0.25, -0.2) is 0 Å². The van der Waals surface area contributed by atoms with Crippen LogP contribution in [0.5, 0.6) is 0 Å². The van der Waals surface area contributed by atoms with Crippen LogP contribution in [0.25, 0.3) is 5.78 Å². The second kappa shape index (κ2) is 5.23. The SMILES string of the molecule is Cn1c(=O)c2c(n3ncnc13)NC(=O)C[C@@H]2c1cccc([N+](=O)[O-])c1. The van der Waals surface area contributed by atoms with Crippen molar-refractivity contribution in [3.63, 3.8) is 0 Å². The largest absolute Gasteiger partial charge is 0.310 e. The number of nitro groups is 1. The number of anilines is 1. The van der Waals surface area contributed by atoms with Gasteiger partial charge in [-0.2, -0.15) is 14.6 Å². The number of non-ortho nitro benzene ring substituents is 1. The van der Waals surface area contributed by atoms with E-state index in [1.54, 1.807) is 13.1 Å². The summed E-state index contributed by atoms with van der Waals surface area (Å²) >= 11 is 0. The fourth-order valence-corrected chi connectivity index (χ4v) is 3.15. The third-order valence-corrected chi connectivity index (χ3v) is 4.31. The van der Waals surface area contributed by atoms with Crippen molar-refractivity contribution in [1.29, 1.82) is 0 Å². The Kier molecular flexibility index (Phi) is 3.14. The van der Waals surface area contributed by atoms with Gasteiger partial charge in [0.15, 0.2) is 0 Å². The summed E-state index contributed by atoms with van der Waals surface area (Å²) in [5.74, 6) is -0.350. The summed E-state index contributed by atoms with van der Waals surface area (Å²) in [7, 11) is 1.56. The first-order valence-electron chi connectivity index (χ1n) is 7.44. The Balaban J connectivity index is 2.00. The zero-order valence-corrected chi connectivity index (χ0v) is 13.0. The maximum atomic E-state index is 12.8. The van der Waals surface area contributed by atoms with Gasteiger partial charge in [0.25, 0.3) is 11.2 Å². The minimum atomic E-state index is -0.601. The average Bonchev–Trinajstić information content (AvgIpc) is 3.09. The zero-order valence-electron chi connectivity index (χ0n) is 13.0. The number of nitrogens with zero attached hydrogens (tertiary/aromatic N) is 5. The van der Waals surface area contributed by atoms with Crippen molar-refractivity contribution in [2.45, 2.75) is 12.3 Å². The van der Waals surface area contributed by atoms with E-state index >= 15 is 0 Å². The number of aromatic nitrogens is 4. The number of carbonyl (C=O) groups excluding carboxylic acids is 1. The van der Waals surface area contributed by atoms with Crippen LogP contribution in [0.15, 0.2) is 35.4 Å². The number of hydrogen-bond acceptors (Lipinski definition) is 6. The Labute approximate surface area is 139 Å². The van der Waals surface area contributed by atoms with E-state index in [4.69, 9.17) is 0 Å². The fraction of sp³-hybridized carbons (Fsp3) is 0.200. The van der Waals surface area contributed by atoms with E-state index in [2.05, 4.69) is 15.4 Å². The van der Waals surface area contributed by atoms with Crippen LogP contribution in [-0.2, 0) is 11.8 Å². The van der Waals surface area contributed by atoms with Gasteiger partial charge < -0.3 is 5.32 Å². The Morgan fingerprint density at radius 1 is 1.36 bits per heavy atom. The lowest BCUT2D eigenvalue weighted by Crippen LogP contribution is -2.35. The molecule has 0 unspecified atom stereocenters. The molecule has 25 heavy (non-hydrogen) atoms. The predicted molar refractivity (Wildman–Crippen MR) is 86.4 cm³/mol. The van der Waals surface area contributed by atoms with Crippen LogP contribution in [0.1, 0.15) is 23.5 Å². The van der Waals surface area contributed by atoms with Crippen molar-refractivity contribution < 1.29 is 9.72 Å². The van der Waals surface area contributed by atoms with Crippen LogP contribution in [0.4, 0.5) is 11.5 Å². The van der Waals surface area contributed by atoms with E-state index in [1.807, 2.05) is 0 Å². The third-order valence-electron chi connectivity index (χ3n) is 4.31. The molecule has 0 bridgehead atoms. The normalized spacial score (nSPS) is 16.5. The maximum absolute atomic E-state index is 12.8. The number of nitro benzene ring substituents is 1. The van der Waals surface area contributed by atoms with E-state index < -0.39 is 10.8 Å². The van der Waals surface area contributed by atoms with E-state index in [0.29, 0.717) is 16.9 Å². The van der Waals surface area contributed by atoms with Crippen LogP contribution in [0.3, 0.4) is 0 Å². The Hall–Kier alpha value is -3.56. The van der Waals surface area contributed by atoms with E-state index in [1.165, 1.54) is 33.6 Å². The number of rotatable bonds is 2. The number of fused-ring (bicyclic) bond motifs is 3. The maximum Gasteiger partial charge on any atom is 0.269 e. The molecule has 1 atom stereocenters. The second-order valence-electron chi connectivity index (χ2n) is 5.76. The van der Waals surface area contributed by atoms with E-state index in [9.17, 15) is 19.7 Å². The molecule has 1 N–H and O–H groups in total. The lowest BCUT2D eigenvalue weighted by atomic mass is 9.86. The summed E-state index contributed by atoms with van der Waals surface area (Å²) in [5.41, 5.74) is 0.443. The summed E-state index contributed by atoms with van der Waals surface area (Å²) in [6.07, 6.45) is 1.31. The first kappa shape index (κ1) is 15.0. The molecule has 1 aliphatic heterocycles. The molecule has 4 rings (SSSR count). The molecule has 0 fully saturated rings. The van der Waals surface area contributed by atoms with Gasteiger partial charge >= 0.3 is 0 Å². The number of amides is 1. The molecule has 0 saturated carbocycles. The topological polar surface area (TPSA) is 124 Å². The van der Waals surface area contributed by atoms with Gasteiger partial charge in [-0.15, -0.1) is 0 Å². The third kappa shape index (κ3) is 2.18. The summed E-state index contributed by atoms with van der Waals surface area (Å²) in [5, 5.41) is 17.8. The van der Waals surface area contributed by atoms with Crippen molar-refractivity contribution in [3.05, 3.63) is 62.2 Å². The molecule has 2 aromatic heterocycles. The van der Waals surface area contributed by atoms with Gasteiger partial charge in [0.2, 0.25) is 11.7 Å². The van der Waals surface area contributed by atoms with Crippen molar-refractivity contribution >= 4 is 23.2 Å². The highest BCUT2D eigenvalue weighted by Gasteiger charge is 2.33. The molecule has 1 amide bonds. The number of hydrogen-bond donors (Lipinski definition) is 1. The highest BCUT2D eigenvalue weighted by atomic mass is 16.6. The summed E-state index contributed by atoms with van der Waals surface area (Å²) in [4.78, 5) is 39.6. The van der Waals surface area contributed by atoms with E-state index in [-0.39, 0.29) is 29.4 Å². The van der Waals surface area contributed by atoms with Crippen LogP contribution in [-0.4, -0.2) is 30.0 Å². The molecular formula is C15H12N6O4. The lowest BCUT2D eigenvalue weighted by Gasteiger charge is -2.25. The van der Waals surface area contributed by atoms with Gasteiger partial charge in [-0.05, 0) is 5.56 Å². The van der Waals surface area contributed by atoms with Crippen LogP contribution >= 0.6 is 0 Å². The molecule has 1 aliphatic rings. The van der Waals surface area contributed by atoms with Crippen molar-refractivity contribution in [3.8, 4) is 0 Å². The Bertz CT molecular complexity index is 1100. The Morgan fingerprint density at radius 3 is 2.92 bits per heavy atom. The van der Waals surface area contributed by atoms with Crippen molar-refractivity contribution in [1.82, 2.24) is 19.2 Å². The number of nitrogens with one attached hydrogen (secondary N) is 1. The Morgan fingerprint density at radius 2 is 2.16 bits per heavy atom. The number of aryl methyl sites for hydroxylation is 1. The molecule has 126 valence electrons. The molecule has 1 aromatic carbocycles. The number of carbonyl (C=O) groups is 1. The monoisotopic (exact) mass is 340 g/mol. The molecule has 10 nitrogen and oxygen atoms in total. The minimum Gasteiger partial charge on any atom is -0.310 e. The molecule has 0 radical (unpaired) electrons. The van der Waals surface area contributed by atoms with Gasteiger partial charge in [0.05, 0.1) is 10.5 Å². The first-order valence-corrected chi connectivity index (χ1v) is 7.44. The van der Waals surface area contributed by atoms with Gasteiger partial charge in [-0.3, -0.25) is 24.3 Å². The zero-order chi connectivity index (χ0) is 17.7. The molecule has 10 heteroatoms. The highest BCUT2D eigenvalue weighted by molar-refractivity contribution is 5.94. The average molecular weight is 340 g/mol. The lowest BCUT2D eigenvalue weighted by molar-refractivity contribution is -0.384. The van der Waals surface area contributed by atoms with Crippen LogP contribution in [0, 0.1) is 10.1 Å². The molecule has 0 spiro atoms. The highest BCUT2D eigenvalue weighted by Crippen LogP contribution is 2.35. The van der Waals surface area contributed by atoms with Gasteiger partial charge in [0.1, 0.15) is 12.1 Å². The summed E-state index contributed by atoms with van der Waals surface area (Å²) in [6.45, 7) is 0. The number of benzene rings is 1. The fourth-order valence-electron chi connectivity index (χ4n) is 3.15. The van der Waals surface area contributed by atoms with E-state index in [0.717, 1.165) is 0 Å². The second-order valence-corrected chi connectivity index (χ2v) is 5.76. The summed E-state index contributed by atoms with van der Waals surface area (Å²) in [6, 6.07) is 5.97. The molecule has 0 saturated heterocycles. The molecule has 3 aromatic rings. The molecule has 0 aliphatic carbocycles.